The molecule has 0 aromatic heterocycles. The summed E-state index contributed by atoms with van der Waals surface area (Å²) in [6.07, 6.45) is 11.3. The molecule has 0 radical (unpaired) electrons. The van der Waals surface area contributed by atoms with Gasteiger partial charge in [0, 0.05) is 52.1 Å². The number of hydrogen-bond donors (Lipinski definition) is 0. The van der Waals surface area contributed by atoms with Crippen molar-refractivity contribution in [1.82, 2.24) is 0 Å². The minimum atomic E-state index is -0.583. The summed E-state index contributed by atoms with van der Waals surface area (Å²) in [6.45, 7) is 15.7. The molecule has 0 N–H and O–H groups in total. The first-order valence-electron chi connectivity index (χ1n) is 13.3. The number of unbranched alkanes of at least 4 members (excludes halogenated alkanes) is 2. The van der Waals surface area contributed by atoms with Gasteiger partial charge in [0.2, 0.25) is 0 Å². The third kappa shape index (κ3) is 10.5. The van der Waals surface area contributed by atoms with Crippen molar-refractivity contribution in [3.63, 3.8) is 0 Å². The second-order valence-electron chi connectivity index (χ2n) is 9.40. The topological polar surface area (TPSA) is 27.7 Å². The Kier molecular flexibility index (Phi) is 13.7. The molecule has 0 amide bonds. The molecule has 2 aromatic carbocycles. The summed E-state index contributed by atoms with van der Waals surface area (Å²) in [6, 6.07) is 21.0. The van der Waals surface area contributed by atoms with Gasteiger partial charge in [-0.05, 0) is 24.0 Å². The SMILES string of the molecule is C=CC(CCOCCCC)(Cc1ccccc1)OC(C=C)(CCOCCCC)Cc1ccccc1. The second-order valence-corrected chi connectivity index (χ2v) is 9.40. The van der Waals surface area contributed by atoms with Gasteiger partial charge in [-0.15, -0.1) is 13.2 Å². The Hall–Kier alpha value is -2.20. The van der Waals surface area contributed by atoms with Crippen molar-refractivity contribution in [2.75, 3.05) is 26.4 Å². The highest BCUT2D eigenvalue weighted by atomic mass is 16.5. The summed E-state index contributed by atoms with van der Waals surface area (Å²) in [5.41, 5.74) is 1.27. The zero-order valence-corrected chi connectivity index (χ0v) is 22.1. The lowest BCUT2D eigenvalue weighted by Crippen LogP contribution is -2.46. The molecule has 0 saturated carbocycles. The Morgan fingerprint density at radius 2 is 1.03 bits per heavy atom. The van der Waals surface area contributed by atoms with Gasteiger partial charge < -0.3 is 14.2 Å². The van der Waals surface area contributed by atoms with E-state index in [1.165, 1.54) is 11.1 Å². The van der Waals surface area contributed by atoms with E-state index in [2.05, 4.69) is 75.5 Å². The van der Waals surface area contributed by atoms with Crippen molar-refractivity contribution in [3.05, 3.63) is 97.1 Å². The molecule has 0 bridgehead atoms. The average molecular weight is 479 g/mol. The van der Waals surface area contributed by atoms with Crippen molar-refractivity contribution in [2.45, 2.75) is 76.4 Å². The second kappa shape index (κ2) is 16.5. The Bertz CT molecular complexity index is 750. The van der Waals surface area contributed by atoms with Crippen molar-refractivity contribution in [3.8, 4) is 0 Å². The highest BCUT2D eigenvalue weighted by molar-refractivity contribution is 5.23. The van der Waals surface area contributed by atoms with Crippen molar-refractivity contribution < 1.29 is 14.2 Å². The Balaban J connectivity index is 2.30. The van der Waals surface area contributed by atoms with Gasteiger partial charge >= 0.3 is 0 Å². The van der Waals surface area contributed by atoms with Crippen molar-refractivity contribution in [2.24, 2.45) is 0 Å². The van der Waals surface area contributed by atoms with Crippen LogP contribution in [0.3, 0.4) is 0 Å². The molecule has 2 aromatic rings. The van der Waals surface area contributed by atoms with Gasteiger partial charge in [0.1, 0.15) is 0 Å². The van der Waals surface area contributed by atoms with Crippen LogP contribution in [0.1, 0.15) is 63.5 Å². The highest BCUT2D eigenvalue weighted by Gasteiger charge is 2.39. The molecule has 0 fully saturated rings. The molecule has 35 heavy (non-hydrogen) atoms. The van der Waals surface area contributed by atoms with Crippen LogP contribution in [0.2, 0.25) is 0 Å². The number of ether oxygens (including phenoxy) is 3. The molecule has 2 rings (SSSR count). The molecule has 0 aliphatic carbocycles. The smallest absolute Gasteiger partial charge is 0.0933 e. The predicted molar refractivity (Wildman–Crippen MR) is 148 cm³/mol. The quantitative estimate of drug-likeness (QED) is 0.144. The van der Waals surface area contributed by atoms with E-state index in [1.54, 1.807) is 0 Å². The molecular weight excluding hydrogens is 432 g/mol. The van der Waals surface area contributed by atoms with Crippen LogP contribution in [0.5, 0.6) is 0 Å². The molecule has 0 aliphatic heterocycles. The van der Waals surface area contributed by atoms with Crippen LogP contribution in [-0.4, -0.2) is 37.6 Å². The molecule has 0 heterocycles. The average Bonchev–Trinajstić information content (AvgIpc) is 2.89. The Morgan fingerprint density at radius 1 is 0.629 bits per heavy atom. The molecule has 0 aliphatic rings. The summed E-state index contributed by atoms with van der Waals surface area (Å²) in [4.78, 5) is 0. The normalized spacial score (nSPS) is 14.7. The fourth-order valence-electron chi connectivity index (χ4n) is 4.26. The van der Waals surface area contributed by atoms with E-state index in [1.807, 2.05) is 24.3 Å². The third-order valence-corrected chi connectivity index (χ3v) is 6.47. The number of hydrogen-bond acceptors (Lipinski definition) is 3. The van der Waals surface area contributed by atoms with Crippen LogP contribution in [0, 0.1) is 0 Å². The molecule has 0 saturated heterocycles. The predicted octanol–water partition coefficient (Wildman–Crippen LogP) is 7.75. The largest absolute Gasteiger partial charge is 0.381 e. The van der Waals surface area contributed by atoms with E-state index in [9.17, 15) is 0 Å². The van der Waals surface area contributed by atoms with Gasteiger partial charge in [-0.2, -0.15) is 0 Å². The summed E-state index contributed by atoms with van der Waals surface area (Å²) >= 11 is 0. The van der Waals surface area contributed by atoms with Crippen LogP contribution < -0.4 is 0 Å². The monoisotopic (exact) mass is 478 g/mol. The van der Waals surface area contributed by atoms with Crippen LogP contribution in [0.4, 0.5) is 0 Å². The molecule has 0 spiro atoms. The van der Waals surface area contributed by atoms with Gasteiger partial charge in [0.15, 0.2) is 0 Å². The first-order chi connectivity index (χ1) is 17.1. The van der Waals surface area contributed by atoms with E-state index < -0.39 is 11.2 Å². The Morgan fingerprint density at radius 3 is 1.37 bits per heavy atom. The molecule has 192 valence electrons. The standard InChI is InChI=1S/C32H46O3/c1-5-9-23-33-25-21-31(7-3,27-29-17-13-11-14-18-29)35-32(8-4,22-26-34-24-10-6-2)28-30-19-15-12-16-20-30/h7-8,11-20H,3-6,9-10,21-28H2,1-2H3. The van der Waals surface area contributed by atoms with E-state index in [-0.39, 0.29) is 0 Å². The maximum absolute atomic E-state index is 7.15. The summed E-state index contributed by atoms with van der Waals surface area (Å²) in [5, 5.41) is 0. The fraction of sp³-hybridized carbons (Fsp3) is 0.500. The maximum atomic E-state index is 7.15. The van der Waals surface area contributed by atoms with Crippen molar-refractivity contribution >= 4 is 0 Å². The van der Waals surface area contributed by atoms with Crippen LogP contribution in [0.15, 0.2) is 86.0 Å². The minimum Gasteiger partial charge on any atom is -0.381 e. The fourth-order valence-corrected chi connectivity index (χ4v) is 4.26. The summed E-state index contributed by atoms with van der Waals surface area (Å²) < 4.78 is 19.1. The number of benzene rings is 2. The minimum absolute atomic E-state index is 0.583. The van der Waals surface area contributed by atoms with Crippen molar-refractivity contribution in [1.29, 1.82) is 0 Å². The zero-order valence-electron chi connectivity index (χ0n) is 22.1. The first-order valence-corrected chi connectivity index (χ1v) is 13.3. The lowest BCUT2D eigenvalue weighted by Gasteiger charge is -2.42. The lowest BCUT2D eigenvalue weighted by molar-refractivity contribution is -0.128. The first kappa shape index (κ1) is 29.0. The van der Waals surface area contributed by atoms with E-state index in [0.717, 1.165) is 64.6 Å². The zero-order chi connectivity index (χ0) is 25.2. The molecule has 3 nitrogen and oxygen atoms in total. The summed E-state index contributed by atoms with van der Waals surface area (Å²) in [5.74, 6) is 0. The highest BCUT2D eigenvalue weighted by Crippen LogP contribution is 2.35. The molecular formula is C32H46O3. The van der Waals surface area contributed by atoms with Gasteiger partial charge in [0.25, 0.3) is 0 Å². The van der Waals surface area contributed by atoms with Gasteiger partial charge in [0.05, 0.1) is 11.2 Å². The molecule has 2 atom stereocenters. The lowest BCUT2D eigenvalue weighted by atomic mass is 9.86. The maximum Gasteiger partial charge on any atom is 0.0933 e. The van der Waals surface area contributed by atoms with E-state index in [4.69, 9.17) is 14.2 Å². The van der Waals surface area contributed by atoms with Gasteiger partial charge in [-0.3, -0.25) is 0 Å². The van der Waals surface area contributed by atoms with Gasteiger partial charge in [-0.1, -0.05) is 99.5 Å². The number of rotatable bonds is 20. The third-order valence-electron chi connectivity index (χ3n) is 6.47. The molecule has 3 heteroatoms. The van der Waals surface area contributed by atoms with E-state index in [0.29, 0.717) is 13.2 Å². The van der Waals surface area contributed by atoms with E-state index >= 15 is 0 Å². The Labute approximate surface area is 214 Å². The summed E-state index contributed by atoms with van der Waals surface area (Å²) in [7, 11) is 0. The van der Waals surface area contributed by atoms with Crippen LogP contribution in [0.25, 0.3) is 0 Å². The van der Waals surface area contributed by atoms with Gasteiger partial charge in [-0.25, -0.2) is 0 Å². The van der Waals surface area contributed by atoms with Crippen LogP contribution >= 0.6 is 0 Å². The van der Waals surface area contributed by atoms with Crippen LogP contribution in [-0.2, 0) is 27.1 Å². The molecule has 2 unspecified atom stereocenters.